The number of aryl methyl sites for hydroxylation is 1. The van der Waals surface area contributed by atoms with Crippen molar-refractivity contribution in [2.45, 2.75) is 16.7 Å². The zero-order valence-corrected chi connectivity index (χ0v) is 24.8. The first-order chi connectivity index (χ1) is 21.8. The molecule has 0 unspecified atom stereocenters. The number of benzene rings is 6. The van der Waals surface area contributed by atoms with Crippen molar-refractivity contribution in [2.24, 2.45) is 0 Å². The van der Waals surface area contributed by atoms with Gasteiger partial charge in [0, 0.05) is 32.2 Å². The Labute approximate surface area is 259 Å². The molecule has 2 aliphatic rings. The predicted molar refractivity (Wildman–Crippen MR) is 185 cm³/mol. The summed E-state index contributed by atoms with van der Waals surface area (Å²) in [5.41, 5.74) is 14.2. The number of nitrogens with zero attached hydrogens (tertiary/aromatic N) is 2. The van der Waals surface area contributed by atoms with Crippen molar-refractivity contribution in [1.82, 2.24) is 4.57 Å². The summed E-state index contributed by atoms with van der Waals surface area (Å²) >= 11 is 1.90. The lowest BCUT2D eigenvalue weighted by molar-refractivity contribution is 0.673. The number of anilines is 3. The molecule has 3 nitrogen and oxygen atoms in total. The first kappa shape index (κ1) is 24.3. The van der Waals surface area contributed by atoms with Crippen LogP contribution >= 0.6 is 11.8 Å². The Morgan fingerprint density at radius 3 is 2.16 bits per heavy atom. The molecule has 8 aromatic rings. The number of rotatable bonds is 3. The molecular weight excluding hydrogens is 555 g/mol. The third kappa shape index (κ3) is 3.20. The number of hydrogen-bond donors (Lipinski definition) is 0. The number of aromatic nitrogens is 1. The maximum absolute atomic E-state index is 6.87. The van der Waals surface area contributed by atoms with Crippen LogP contribution in [0.15, 0.2) is 148 Å². The van der Waals surface area contributed by atoms with E-state index in [2.05, 4.69) is 150 Å². The molecule has 0 amide bonds. The summed E-state index contributed by atoms with van der Waals surface area (Å²) in [5, 5.41) is 2.28. The Balaban J connectivity index is 1.42. The van der Waals surface area contributed by atoms with Crippen molar-refractivity contribution >= 4 is 84.9 Å². The molecule has 2 aliphatic heterocycles. The number of para-hydroxylation sites is 3. The summed E-state index contributed by atoms with van der Waals surface area (Å²) in [5.74, 6) is 0. The highest BCUT2D eigenvalue weighted by Gasteiger charge is 2.41. The summed E-state index contributed by atoms with van der Waals surface area (Å²) in [6.45, 7) is 2.37. The van der Waals surface area contributed by atoms with E-state index in [1.807, 2.05) is 11.8 Å². The first-order valence-electron chi connectivity index (χ1n) is 15.1. The van der Waals surface area contributed by atoms with Gasteiger partial charge >= 0.3 is 0 Å². The van der Waals surface area contributed by atoms with E-state index < -0.39 is 0 Å². The van der Waals surface area contributed by atoms with Crippen LogP contribution < -0.4 is 21.3 Å². The SMILES string of the molecule is Cc1cc2c3c(c1)-n1c4c(ccc(N(c5ccccc5)c5ccccc5)c4c4oc5ccccc5c41)B3c1ccccc1S2. The van der Waals surface area contributed by atoms with Crippen molar-refractivity contribution in [2.75, 3.05) is 4.90 Å². The average Bonchev–Trinajstić information content (AvgIpc) is 3.60. The summed E-state index contributed by atoms with van der Waals surface area (Å²) in [6, 6.07) is 48.2. The van der Waals surface area contributed by atoms with E-state index in [0.29, 0.717) is 0 Å². The molecule has 206 valence electrons. The molecule has 2 aromatic heterocycles. The zero-order valence-electron chi connectivity index (χ0n) is 24.0. The first-order valence-corrected chi connectivity index (χ1v) is 15.9. The van der Waals surface area contributed by atoms with Crippen LogP contribution in [-0.2, 0) is 0 Å². The van der Waals surface area contributed by atoms with Gasteiger partial charge in [-0.2, -0.15) is 0 Å². The predicted octanol–water partition coefficient (Wildman–Crippen LogP) is 8.60. The van der Waals surface area contributed by atoms with Crippen molar-refractivity contribution in [3.8, 4) is 5.69 Å². The van der Waals surface area contributed by atoms with Gasteiger partial charge < -0.3 is 13.9 Å². The van der Waals surface area contributed by atoms with Gasteiger partial charge in [0.15, 0.2) is 5.58 Å². The Morgan fingerprint density at radius 1 is 0.659 bits per heavy atom. The number of fused-ring (bicyclic) bond motifs is 9. The average molecular weight is 581 g/mol. The molecule has 0 aliphatic carbocycles. The zero-order chi connectivity index (χ0) is 28.9. The Kier molecular flexibility index (Phi) is 4.95. The standard InChI is InChI=1S/C39H25BN2OS/c1-24-22-31-36-34(23-24)44-33-19-11-9-17-28(33)40(36)29-20-21-30(41(25-12-4-2-5-13-25)26-14-6-3-7-15-26)35-38(29)42(31)37-27-16-8-10-18-32(27)43-39(35)37/h2-23H,1H3. The van der Waals surface area contributed by atoms with Gasteiger partial charge in [-0.15, -0.1) is 0 Å². The maximum Gasteiger partial charge on any atom is 0.249 e. The smallest absolute Gasteiger partial charge is 0.249 e. The lowest BCUT2D eigenvalue weighted by Crippen LogP contribution is -2.58. The van der Waals surface area contributed by atoms with E-state index in [9.17, 15) is 0 Å². The van der Waals surface area contributed by atoms with Crippen LogP contribution in [0.25, 0.3) is 38.7 Å². The van der Waals surface area contributed by atoms with Gasteiger partial charge in [0.25, 0.3) is 0 Å². The van der Waals surface area contributed by atoms with Crippen LogP contribution in [0, 0.1) is 6.92 Å². The molecule has 0 saturated carbocycles. The molecule has 5 heteroatoms. The Bertz CT molecular complexity index is 2410. The molecule has 6 aromatic carbocycles. The van der Waals surface area contributed by atoms with Crippen molar-refractivity contribution in [3.63, 3.8) is 0 Å². The summed E-state index contributed by atoms with van der Waals surface area (Å²) < 4.78 is 9.38. The minimum atomic E-state index is 0.147. The highest BCUT2D eigenvalue weighted by Crippen LogP contribution is 2.47. The fraction of sp³-hybridized carbons (Fsp3) is 0.0256. The molecule has 10 rings (SSSR count). The van der Waals surface area contributed by atoms with Gasteiger partial charge in [0.05, 0.1) is 16.6 Å². The van der Waals surface area contributed by atoms with Crippen LogP contribution in [0.3, 0.4) is 0 Å². The van der Waals surface area contributed by atoms with Crippen molar-refractivity contribution in [3.05, 3.63) is 139 Å². The third-order valence-corrected chi connectivity index (χ3v) is 10.4. The normalized spacial score (nSPS) is 13.0. The molecule has 0 saturated heterocycles. The van der Waals surface area contributed by atoms with E-state index >= 15 is 0 Å². The second-order valence-electron chi connectivity index (χ2n) is 11.8. The monoisotopic (exact) mass is 580 g/mol. The highest BCUT2D eigenvalue weighted by atomic mass is 32.2. The van der Waals surface area contributed by atoms with Crippen LogP contribution in [0.2, 0.25) is 0 Å². The van der Waals surface area contributed by atoms with Gasteiger partial charge in [0.2, 0.25) is 6.71 Å². The fourth-order valence-electron chi connectivity index (χ4n) is 7.55. The van der Waals surface area contributed by atoms with E-state index in [0.717, 1.165) is 44.5 Å². The van der Waals surface area contributed by atoms with Gasteiger partial charge in [-0.1, -0.05) is 90.0 Å². The summed E-state index contributed by atoms with van der Waals surface area (Å²) in [6.07, 6.45) is 0. The quantitative estimate of drug-likeness (QED) is 0.195. The fourth-order valence-corrected chi connectivity index (χ4v) is 8.82. The molecule has 0 radical (unpaired) electrons. The molecule has 0 spiro atoms. The second kappa shape index (κ2) is 8.95. The number of furan rings is 1. The van der Waals surface area contributed by atoms with Crippen LogP contribution in [-0.4, -0.2) is 11.3 Å². The highest BCUT2D eigenvalue weighted by molar-refractivity contribution is 8.00. The summed E-state index contributed by atoms with van der Waals surface area (Å²) in [4.78, 5) is 5.05. The molecule has 0 bridgehead atoms. The Morgan fingerprint density at radius 2 is 1.36 bits per heavy atom. The minimum absolute atomic E-state index is 0.147. The molecule has 4 heterocycles. The van der Waals surface area contributed by atoms with Crippen LogP contribution in [0.1, 0.15) is 5.56 Å². The van der Waals surface area contributed by atoms with Crippen molar-refractivity contribution < 1.29 is 4.42 Å². The second-order valence-corrected chi connectivity index (χ2v) is 12.9. The van der Waals surface area contributed by atoms with Gasteiger partial charge in [-0.3, -0.25) is 0 Å². The lowest BCUT2D eigenvalue weighted by atomic mass is 9.35. The third-order valence-electron chi connectivity index (χ3n) is 9.26. The Hall–Kier alpha value is -5.13. The van der Waals surface area contributed by atoms with Gasteiger partial charge in [-0.25, -0.2) is 0 Å². The topological polar surface area (TPSA) is 21.3 Å². The van der Waals surface area contributed by atoms with E-state index in [1.165, 1.54) is 42.9 Å². The minimum Gasteiger partial charge on any atom is -0.454 e. The molecule has 0 atom stereocenters. The number of hydrogen-bond acceptors (Lipinski definition) is 3. The van der Waals surface area contributed by atoms with Gasteiger partial charge in [0.1, 0.15) is 11.1 Å². The van der Waals surface area contributed by atoms with Crippen molar-refractivity contribution in [1.29, 1.82) is 0 Å². The largest absolute Gasteiger partial charge is 0.454 e. The van der Waals surface area contributed by atoms with E-state index in [4.69, 9.17) is 4.42 Å². The lowest BCUT2D eigenvalue weighted by Gasteiger charge is -2.34. The molecular formula is C39H25BN2OS. The van der Waals surface area contributed by atoms with Crippen LogP contribution in [0.5, 0.6) is 0 Å². The molecule has 0 fully saturated rings. The van der Waals surface area contributed by atoms with E-state index in [1.54, 1.807) is 0 Å². The maximum atomic E-state index is 6.87. The van der Waals surface area contributed by atoms with Gasteiger partial charge in [-0.05, 0) is 84.1 Å². The van der Waals surface area contributed by atoms with Crippen LogP contribution in [0.4, 0.5) is 17.1 Å². The molecule has 0 N–H and O–H groups in total. The summed E-state index contributed by atoms with van der Waals surface area (Å²) in [7, 11) is 0. The molecule has 44 heavy (non-hydrogen) atoms. The van der Waals surface area contributed by atoms with E-state index in [-0.39, 0.29) is 6.71 Å².